The van der Waals surface area contributed by atoms with Crippen molar-refractivity contribution in [1.29, 1.82) is 0 Å². The molecule has 0 aliphatic carbocycles. The lowest BCUT2D eigenvalue weighted by molar-refractivity contribution is 0.781. The van der Waals surface area contributed by atoms with Crippen LogP contribution in [-0.4, -0.2) is 5.33 Å². The molecule has 14 heavy (non-hydrogen) atoms. The fourth-order valence-corrected chi connectivity index (χ4v) is 3.24. The standard InChI is InChI=1S/C10H11BrCl2S/c1-6(2)8(5-11)3-7-4-9(12)14-10(7)13/h3-4,6H,5H2,1-2H3/b8-3+. The molecule has 0 atom stereocenters. The molecule has 4 heteroatoms. The summed E-state index contributed by atoms with van der Waals surface area (Å²) in [6.45, 7) is 4.32. The van der Waals surface area contributed by atoms with E-state index in [2.05, 4.69) is 35.9 Å². The summed E-state index contributed by atoms with van der Waals surface area (Å²) in [5.74, 6) is 0.518. The second-order valence-electron chi connectivity index (χ2n) is 3.29. The SMILES string of the molecule is CC(C)/C(=C/c1cc(Cl)sc1Cl)CBr. The van der Waals surface area contributed by atoms with Crippen LogP contribution in [0.5, 0.6) is 0 Å². The summed E-state index contributed by atoms with van der Waals surface area (Å²) in [7, 11) is 0. The van der Waals surface area contributed by atoms with E-state index >= 15 is 0 Å². The van der Waals surface area contributed by atoms with Gasteiger partial charge in [-0.2, -0.15) is 0 Å². The van der Waals surface area contributed by atoms with Gasteiger partial charge in [0.05, 0.1) is 4.34 Å². The zero-order valence-electron chi connectivity index (χ0n) is 7.98. The third-order valence-corrected chi connectivity index (χ3v) is 4.09. The van der Waals surface area contributed by atoms with Crippen molar-refractivity contribution < 1.29 is 0 Å². The van der Waals surface area contributed by atoms with Gasteiger partial charge in [-0.25, -0.2) is 0 Å². The average molecular weight is 314 g/mol. The topological polar surface area (TPSA) is 0 Å². The predicted molar refractivity (Wildman–Crippen MR) is 70.9 cm³/mol. The van der Waals surface area contributed by atoms with Crippen molar-refractivity contribution in [3.63, 3.8) is 0 Å². The van der Waals surface area contributed by atoms with Crippen molar-refractivity contribution in [2.24, 2.45) is 5.92 Å². The number of alkyl halides is 1. The van der Waals surface area contributed by atoms with Gasteiger partial charge in [-0.15, -0.1) is 11.3 Å². The predicted octanol–water partition coefficient (Wildman–Crippen LogP) is 5.49. The Morgan fingerprint density at radius 2 is 2.21 bits per heavy atom. The molecule has 0 aliphatic rings. The van der Waals surface area contributed by atoms with Crippen molar-refractivity contribution in [2.75, 3.05) is 5.33 Å². The van der Waals surface area contributed by atoms with Gasteiger partial charge < -0.3 is 0 Å². The Morgan fingerprint density at radius 1 is 1.57 bits per heavy atom. The monoisotopic (exact) mass is 312 g/mol. The number of halogens is 3. The Hall–Kier alpha value is 0.500. The quantitative estimate of drug-likeness (QED) is 0.647. The molecule has 78 valence electrons. The van der Waals surface area contributed by atoms with Gasteiger partial charge in [0.15, 0.2) is 0 Å². The van der Waals surface area contributed by atoms with Crippen molar-refractivity contribution in [3.8, 4) is 0 Å². The fourth-order valence-electron chi connectivity index (χ4n) is 1.01. The zero-order chi connectivity index (χ0) is 10.7. The lowest BCUT2D eigenvalue weighted by atomic mass is 10.0. The van der Waals surface area contributed by atoms with Crippen LogP contribution in [-0.2, 0) is 0 Å². The number of rotatable bonds is 3. The molecule has 1 aromatic heterocycles. The summed E-state index contributed by atoms with van der Waals surface area (Å²) < 4.78 is 1.49. The highest BCUT2D eigenvalue weighted by molar-refractivity contribution is 9.09. The van der Waals surface area contributed by atoms with Crippen LogP contribution < -0.4 is 0 Å². The van der Waals surface area contributed by atoms with E-state index in [0.717, 1.165) is 19.6 Å². The van der Waals surface area contributed by atoms with E-state index in [1.807, 2.05) is 6.07 Å². The first-order valence-electron chi connectivity index (χ1n) is 4.26. The molecule has 0 radical (unpaired) electrons. The van der Waals surface area contributed by atoms with E-state index in [9.17, 15) is 0 Å². The molecule has 0 saturated heterocycles. The van der Waals surface area contributed by atoms with Gasteiger partial charge >= 0.3 is 0 Å². The Morgan fingerprint density at radius 3 is 2.57 bits per heavy atom. The van der Waals surface area contributed by atoms with Crippen LogP contribution in [0.3, 0.4) is 0 Å². The maximum Gasteiger partial charge on any atom is 0.102 e. The highest BCUT2D eigenvalue weighted by atomic mass is 79.9. The zero-order valence-corrected chi connectivity index (χ0v) is 11.9. The second kappa shape index (κ2) is 5.55. The Balaban J connectivity index is 3.00. The fraction of sp³-hybridized carbons (Fsp3) is 0.400. The van der Waals surface area contributed by atoms with Gasteiger partial charge in [0.25, 0.3) is 0 Å². The van der Waals surface area contributed by atoms with Gasteiger partial charge in [0, 0.05) is 10.9 Å². The Labute approximate surface area is 107 Å². The molecule has 0 unspecified atom stereocenters. The van der Waals surface area contributed by atoms with Crippen molar-refractivity contribution >= 4 is 56.5 Å². The van der Waals surface area contributed by atoms with Crippen molar-refractivity contribution in [3.05, 3.63) is 25.9 Å². The molecule has 0 amide bonds. The smallest absolute Gasteiger partial charge is 0.102 e. The minimum atomic E-state index is 0.518. The van der Waals surface area contributed by atoms with Crippen LogP contribution >= 0.6 is 50.5 Å². The molecule has 1 rings (SSSR count). The molecule has 0 spiro atoms. The lowest BCUT2D eigenvalue weighted by Gasteiger charge is -2.06. The van der Waals surface area contributed by atoms with E-state index in [0.29, 0.717) is 5.92 Å². The second-order valence-corrected chi connectivity index (χ2v) is 6.13. The summed E-state index contributed by atoms with van der Waals surface area (Å²) in [5.41, 5.74) is 2.34. The molecular weight excluding hydrogens is 303 g/mol. The first kappa shape index (κ1) is 12.6. The highest BCUT2D eigenvalue weighted by Gasteiger charge is 2.06. The summed E-state index contributed by atoms with van der Waals surface area (Å²) >= 11 is 16.8. The highest BCUT2D eigenvalue weighted by Crippen LogP contribution is 2.33. The summed E-state index contributed by atoms with van der Waals surface area (Å²) in [6, 6.07) is 1.90. The van der Waals surface area contributed by atoms with Gasteiger partial charge in [-0.1, -0.05) is 64.6 Å². The first-order chi connectivity index (χ1) is 6.54. The molecule has 0 aliphatic heterocycles. The number of hydrogen-bond acceptors (Lipinski definition) is 1. The number of thiophene rings is 1. The maximum absolute atomic E-state index is 6.02. The lowest BCUT2D eigenvalue weighted by Crippen LogP contribution is -1.94. The molecule has 1 heterocycles. The van der Waals surface area contributed by atoms with Crippen LogP contribution in [0.25, 0.3) is 6.08 Å². The molecule has 0 fully saturated rings. The summed E-state index contributed by atoms with van der Waals surface area (Å²) in [5, 5.41) is 0.870. The normalized spacial score (nSPS) is 12.6. The van der Waals surface area contributed by atoms with Crippen LogP contribution in [0.1, 0.15) is 19.4 Å². The number of allylic oxidation sites excluding steroid dienone is 1. The first-order valence-corrected chi connectivity index (χ1v) is 6.95. The molecule has 0 nitrogen and oxygen atoms in total. The summed E-state index contributed by atoms with van der Waals surface area (Å²) in [6.07, 6.45) is 2.10. The van der Waals surface area contributed by atoms with Crippen LogP contribution in [0.4, 0.5) is 0 Å². The van der Waals surface area contributed by atoms with Crippen LogP contribution in [0.2, 0.25) is 8.67 Å². The van der Waals surface area contributed by atoms with Gasteiger partial charge in [-0.05, 0) is 12.0 Å². The molecule has 0 bridgehead atoms. The van der Waals surface area contributed by atoms with Crippen molar-refractivity contribution in [1.82, 2.24) is 0 Å². The maximum atomic E-state index is 6.02. The van der Waals surface area contributed by atoms with E-state index in [4.69, 9.17) is 23.2 Å². The van der Waals surface area contributed by atoms with Gasteiger partial charge in [0.1, 0.15) is 4.34 Å². The van der Waals surface area contributed by atoms with Crippen LogP contribution in [0, 0.1) is 5.92 Å². The van der Waals surface area contributed by atoms with Gasteiger partial charge in [0.2, 0.25) is 0 Å². The largest absolute Gasteiger partial charge is 0.111 e. The summed E-state index contributed by atoms with van der Waals surface area (Å²) in [4.78, 5) is 0. The third-order valence-electron chi connectivity index (χ3n) is 1.92. The van der Waals surface area contributed by atoms with E-state index in [1.165, 1.54) is 16.9 Å². The molecule has 1 aromatic rings. The molecule has 0 N–H and O–H groups in total. The van der Waals surface area contributed by atoms with Gasteiger partial charge in [-0.3, -0.25) is 0 Å². The Bertz CT molecular complexity index is 342. The molecular formula is C10H11BrCl2S. The van der Waals surface area contributed by atoms with Crippen LogP contribution in [0.15, 0.2) is 11.6 Å². The minimum absolute atomic E-state index is 0.518. The van der Waals surface area contributed by atoms with E-state index in [1.54, 1.807) is 0 Å². The van der Waals surface area contributed by atoms with E-state index in [-0.39, 0.29) is 0 Å². The molecule has 0 aromatic carbocycles. The minimum Gasteiger partial charge on any atom is -0.111 e. The average Bonchev–Trinajstić information content (AvgIpc) is 2.40. The van der Waals surface area contributed by atoms with Crippen molar-refractivity contribution in [2.45, 2.75) is 13.8 Å². The Kier molecular flexibility index (Phi) is 4.98. The molecule has 0 saturated carbocycles. The van der Waals surface area contributed by atoms with E-state index < -0.39 is 0 Å². The number of hydrogen-bond donors (Lipinski definition) is 0. The third kappa shape index (κ3) is 3.27.